The Hall–Kier alpha value is -1.47. The van der Waals surface area contributed by atoms with Gasteiger partial charge in [-0.2, -0.15) is 0 Å². The molecule has 0 amide bonds. The Morgan fingerprint density at radius 2 is 1.60 bits per heavy atom. The van der Waals surface area contributed by atoms with Crippen molar-refractivity contribution in [3.63, 3.8) is 0 Å². The maximum absolute atomic E-state index is 11.1. The maximum atomic E-state index is 11.1. The second-order valence-electron chi connectivity index (χ2n) is 2.72. The Morgan fingerprint density at radius 1 is 1.20 bits per heavy atom. The number of hydrogen-bond acceptors (Lipinski definition) is 5. The number of hydrogen-bond donors (Lipinski definition) is 2. The van der Waals surface area contributed by atoms with Crippen molar-refractivity contribution in [3.8, 4) is 17.2 Å². The highest BCUT2D eigenvalue weighted by Gasteiger charge is 2.16. The largest absolute Gasteiger partial charge is 0.502 e. The van der Waals surface area contributed by atoms with E-state index in [1.54, 1.807) is 0 Å². The van der Waals surface area contributed by atoms with Gasteiger partial charge in [-0.25, -0.2) is 13.6 Å². The molecule has 0 aromatic heterocycles. The number of nitrogens with two attached hydrogens (primary N) is 1. The first-order valence-corrected chi connectivity index (χ1v) is 5.42. The lowest BCUT2D eigenvalue weighted by Gasteiger charge is -2.09. The summed E-state index contributed by atoms with van der Waals surface area (Å²) in [6.45, 7) is 0. The average molecular weight is 233 g/mol. The van der Waals surface area contributed by atoms with Crippen LogP contribution in [-0.4, -0.2) is 27.7 Å². The zero-order valence-electron chi connectivity index (χ0n) is 8.22. The molecular formula is C8H11NO5S. The molecule has 7 heteroatoms. The normalized spacial score (nSPS) is 11.1. The van der Waals surface area contributed by atoms with Crippen LogP contribution in [0.4, 0.5) is 0 Å². The molecule has 0 bridgehead atoms. The SMILES string of the molecule is COc1cc(S(N)(=O)=O)cc(OC)c1O. The van der Waals surface area contributed by atoms with Crippen molar-refractivity contribution in [2.24, 2.45) is 5.14 Å². The Morgan fingerprint density at radius 3 is 1.87 bits per heavy atom. The molecule has 0 radical (unpaired) electrons. The van der Waals surface area contributed by atoms with E-state index in [1.165, 1.54) is 14.2 Å². The number of ether oxygens (including phenoxy) is 2. The quantitative estimate of drug-likeness (QED) is 0.769. The molecule has 0 atom stereocenters. The smallest absolute Gasteiger partial charge is 0.238 e. The summed E-state index contributed by atoms with van der Waals surface area (Å²) >= 11 is 0. The summed E-state index contributed by atoms with van der Waals surface area (Å²) in [6, 6.07) is 2.24. The van der Waals surface area contributed by atoms with E-state index in [-0.39, 0.29) is 22.1 Å². The van der Waals surface area contributed by atoms with E-state index >= 15 is 0 Å². The summed E-state index contributed by atoms with van der Waals surface area (Å²) in [7, 11) is -1.27. The molecule has 0 heterocycles. The molecule has 1 aromatic rings. The lowest BCUT2D eigenvalue weighted by molar-refractivity contribution is 0.338. The molecule has 0 saturated heterocycles. The minimum Gasteiger partial charge on any atom is -0.502 e. The molecule has 0 aliphatic heterocycles. The van der Waals surface area contributed by atoms with Gasteiger partial charge in [0.05, 0.1) is 19.1 Å². The molecule has 0 aliphatic carbocycles. The molecule has 1 rings (SSSR count). The van der Waals surface area contributed by atoms with E-state index in [9.17, 15) is 13.5 Å². The summed E-state index contributed by atoms with van der Waals surface area (Å²) in [4.78, 5) is -0.186. The van der Waals surface area contributed by atoms with Crippen molar-refractivity contribution in [1.82, 2.24) is 0 Å². The fraction of sp³-hybridized carbons (Fsp3) is 0.250. The van der Waals surface area contributed by atoms with Gasteiger partial charge in [-0.1, -0.05) is 0 Å². The van der Waals surface area contributed by atoms with Gasteiger partial charge in [-0.3, -0.25) is 0 Å². The Bertz CT molecular complexity index is 443. The van der Waals surface area contributed by atoms with Crippen LogP contribution >= 0.6 is 0 Å². The standard InChI is InChI=1S/C8H11NO5S/c1-13-6-3-5(15(9,11)12)4-7(14-2)8(6)10/h3-4,10H,1-2H3,(H2,9,11,12). The first-order valence-electron chi connectivity index (χ1n) is 3.88. The van der Waals surface area contributed by atoms with Gasteiger partial charge in [-0.05, 0) is 0 Å². The maximum Gasteiger partial charge on any atom is 0.238 e. The van der Waals surface area contributed by atoms with E-state index < -0.39 is 10.0 Å². The van der Waals surface area contributed by atoms with Crippen molar-refractivity contribution < 1.29 is 23.0 Å². The van der Waals surface area contributed by atoms with Crippen LogP contribution in [0.15, 0.2) is 17.0 Å². The predicted molar refractivity (Wildman–Crippen MR) is 52.6 cm³/mol. The summed E-state index contributed by atoms with van der Waals surface area (Å²) in [5, 5.41) is 14.4. The minimum absolute atomic E-state index is 0.0154. The first kappa shape index (κ1) is 11.6. The molecule has 15 heavy (non-hydrogen) atoms. The molecule has 6 nitrogen and oxygen atoms in total. The highest BCUT2D eigenvalue weighted by atomic mass is 32.2. The number of methoxy groups -OCH3 is 2. The van der Waals surface area contributed by atoms with Gasteiger partial charge >= 0.3 is 0 Å². The average Bonchev–Trinajstić information content (AvgIpc) is 2.16. The van der Waals surface area contributed by atoms with Gasteiger partial charge in [0.2, 0.25) is 15.8 Å². The number of rotatable bonds is 3. The lowest BCUT2D eigenvalue weighted by Crippen LogP contribution is -2.12. The fourth-order valence-corrected chi connectivity index (χ4v) is 1.58. The van der Waals surface area contributed by atoms with Gasteiger partial charge in [0.25, 0.3) is 0 Å². The zero-order chi connectivity index (χ0) is 11.6. The molecule has 0 aliphatic rings. The molecule has 84 valence electrons. The molecule has 1 aromatic carbocycles. The topological polar surface area (TPSA) is 98.9 Å². The van der Waals surface area contributed by atoms with Crippen LogP contribution < -0.4 is 14.6 Å². The third-order valence-corrected chi connectivity index (χ3v) is 2.67. The van der Waals surface area contributed by atoms with Crippen molar-refractivity contribution in [2.75, 3.05) is 14.2 Å². The predicted octanol–water partition coefficient (Wildman–Crippen LogP) is 0.0568. The number of aromatic hydroxyl groups is 1. The number of phenols is 1. The number of sulfonamides is 1. The molecular weight excluding hydrogens is 222 g/mol. The number of benzene rings is 1. The Kier molecular flexibility index (Phi) is 3.06. The molecule has 0 fully saturated rings. The van der Waals surface area contributed by atoms with Gasteiger partial charge in [0, 0.05) is 12.1 Å². The van der Waals surface area contributed by atoms with Crippen LogP contribution in [0, 0.1) is 0 Å². The number of primary sulfonamides is 1. The van der Waals surface area contributed by atoms with Crippen LogP contribution in [0.5, 0.6) is 17.2 Å². The van der Waals surface area contributed by atoms with E-state index in [0.29, 0.717) is 0 Å². The Labute approximate surface area is 87.3 Å². The van der Waals surface area contributed by atoms with E-state index in [4.69, 9.17) is 14.6 Å². The summed E-state index contributed by atoms with van der Waals surface area (Å²) in [6.07, 6.45) is 0. The third-order valence-electron chi connectivity index (χ3n) is 1.78. The van der Waals surface area contributed by atoms with Crippen LogP contribution in [0.3, 0.4) is 0 Å². The molecule has 0 saturated carbocycles. The summed E-state index contributed by atoms with van der Waals surface area (Å²) in [5.74, 6) is -0.302. The van der Waals surface area contributed by atoms with Crippen molar-refractivity contribution in [1.29, 1.82) is 0 Å². The second kappa shape index (κ2) is 3.95. The monoisotopic (exact) mass is 233 g/mol. The third kappa shape index (κ3) is 2.31. The van der Waals surface area contributed by atoms with Gasteiger partial charge < -0.3 is 14.6 Å². The molecule has 0 unspecified atom stereocenters. The van der Waals surface area contributed by atoms with Crippen LogP contribution in [0.1, 0.15) is 0 Å². The summed E-state index contributed by atoms with van der Waals surface area (Å²) in [5.41, 5.74) is 0. The minimum atomic E-state index is -3.86. The first-order chi connectivity index (χ1) is 6.90. The van der Waals surface area contributed by atoms with Crippen LogP contribution in [-0.2, 0) is 10.0 Å². The van der Waals surface area contributed by atoms with E-state index in [2.05, 4.69) is 0 Å². The Balaban J connectivity index is 3.47. The fourth-order valence-electron chi connectivity index (χ4n) is 1.03. The van der Waals surface area contributed by atoms with Crippen molar-refractivity contribution in [2.45, 2.75) is 4.90 Å². The van der Waals surface area contributed by atoms with Crippen molar-refractivity contribution in [3.05, 3.63) is 12.1 Å². The van der Waals surface area contributed by atoms with E-state index in [1.807, 2.05) is 0 Å². The second-order valence-corrected chi connectivity index (χ2v) is 4.28. The van der Waals surface area contributed by atoms with Gasteiger partial charge in [-0.15, -0.1) is 0 Å². The van der Waals surface area contributed by atoms with Crippen LogP contribution in [0.25, 0.3) is 0 Å². The molecule has 3 N–H and O–H groups in total. The zero-order valence-corrected chi connectivity index (χ0v) is 9.04. The van der Waals surface area contributed by atoms with Crippen molar-refractivity contribution >= 4 is 10.0 Å². The van der Waals surface area contributed by atoms with Gasteiger partial charge in [0.15, 0.2) is 11.5 Å². The highest BCUT2D eigenvalue weighted by Crippen LogP contribution is 2.37. The van der Waals surface area contributed by atoms with E-state index in [0.717, 1.165) is 12.1 Å². The number of phenolic OH excluding ortho intramolecular Hbond substituents is 1. The van der Waals surface area contributed by atoms with Crippen LogP contribution in [0.2, 0.25) is 0 Å². The lowest BCUT2D eigenvalue weighted by atomic mass is 10.3. The van der Waals surface area contributed by atoms with Gasteiger partial charge in [0.1, 0.15) is 0 Å². The molecule has 0 spiro atoms. The summed E-state index contributed by atoms with van der Waals surface area (Å²) < 4.78 is 31.7. The highest BCUT2D eigenvalue weighted by molar-refractivity contribution is 7.89.